The first kappa shape index (κ1) is 22.5. The van der Waals surface area contributed by atoms with Crippen LogP contribution in [0.25, 0.3) is 15.8 Å². The van der Waals surface area contributed by atoms with Crippen LogP contribution in [0.4, 0.5) is 5.69 Å². The summed E-state index contributed by atoms with van der Waals surface area (Å²) in [6, 6.07) is 9.99. The van der Waals surface area contributed by atoms with Crippen molar-refractivity contribution in [2.24, 2.45) is 0 Å². The molecule has 1 N–H and O–H groups in total. The number of fused-ring (bicyclic) bond motifs is 1. The molecule has 9 heteroatoms. The number of ether oxygens (including phenoxy) is 2. The third kappa shape index (κ3) is 3.84. The van der Waals surface area contributed by atoms with E-state index in [4.69, 9.17) is 9.47 Å². The van der Waals surface area contributed by atoms with Crippen LogP contribution in [0.3, 0.4) is 0 Å². The first-order chi connectivity index (χ1) is 16.0. The molecule has 1 aliphatic heterocycles. The predicted molar refractivity (Wildman–Crippen MR) is 129 cm³/mol. The number of hydrogen-bond donors (Lipinski definition) is 1. The molecule has 1 aromatic heterocycles. The Bertz CT molecular complexity index is 1380. The Kier molecular flexibility index (Phi) is 5.03. The summed E-state index contributed by atoms with van der Waals surface area (Å²) in [5.41, 5.74) is 0.373. The Balaban J connectivity index is 1.57. The van der Waals surface area contributed by atoms with Crippen molar-refractivity contribution in [3.05, 3.63) is 63.4 Å². The number of Topliss-reactive ketones (excluding diaryl/α,β-unsaturated/α-hetero) is 1. The molecule has 1 saturated carbocycles. The topological polar surface area (TPSA) is 112 Å². The van der Waals surface area contributed by atoms with Crippen LogP contribution in [-0.2, 0) is 9.53 Å². The van der Waals surface area contributed by atoms with Crippen LogP contribution in [0.15, 0.2) is 42.2 Å². The van der Waals surface area contributed by atoms with Gasteiger partial charge in [0.15, 0.2) is 5.78 Å². The highest BCUT2D eigenvalue weighted by Crippen LogP contribution is 2.48. The maximum atomic E-state index is 13.4. The van der Waals surface area contributed by atoms with E-state index in [1.54, 1.807) is 39.8 Å². The Morgan fingerprint density at radius 1 is 1.15 bits per heavy atom. The average Bonchev–Trinajstić information content (AvgIpc) is 3.51. The fraction of sp³-hybridized carbons (Fsp3) is 0.360. The molecule has 0 spiro atoms. The van der Waals surface area contributed by atoms with E-state index in [9.17, 15) is 20.0 Å². The van der Waals surface area contributed by atoms with Gasteiger partial charge in [0, 0.05) is 12.1 Å². The van der Waals surface area contributed by atoms with Crippen molar-refractivity contribution in [1.82, 2.24) is 4.98 Å². The number of aliphatic hydroxyl groups excluding tert-OH is 1. The van der Waals surface area contributed by atoms with Crippen molar-refractivity contribution >= 4 is 38.6 Å². The highest BCUT2D eigenvalue weighted by atomic mass is 32.1. The molecule has 2 aromatic carbocycles. The Morgan fingerprint density at radius 2 is 1.88 bits per heavy atom. The fourth-order valence-corrected chi connectivity index (χ4v) is 5.28. The fourth-order valence-electron chi connectivity index (χ4n) is 4.41. The number of nitro groups is 1. The van der Waals surface area contributed by atoms with Gasteiger partial charge in [0.2, 0.25) is 0 Å². The molecule has 1 aliphatic carbocycles. The van der Waals surface area contributed by atoms with Crippen LogP contribution in [0.1, 0.15) is 57.6 Å². The Labute approximate surface area is 200 Å². The summed E-state index contributed by atoms with van der Waals surface area (Å²) in [6.45, 7) is 6.91. The second-order valence-corrected chi connectivity index (χ2v) is 10.7. The number of thiazole rings is 1. The molecule has 0 atom stereocenters. The van der Waals surface area contributed by atoms with Crippen molar-refractivity contribution in [2.75, 3.05) is 0 Å². The molecule has 34 heavy (non-hydrogen) atoms. The second kappa shape index (κ2) is 7.61. The lowest BCUT2D eigenvalue weighted by Gasteiger charge is -2.40. The summed E-state index contributed by atoms with van der Waals surface area (Å²) in [4.78, 5) is 28.4. The largest absolute Gasteiger partial charge is 0.508 e. The highest BCUT2D eigenvalue weighted by Gasteiger charge is 2.48. The zero-order chi connectivity index (χ0) is 24.4. The lowest BCUT2D eigenvalue weighted by molar-refractivity contribution is -0.384. The summed E-state index contributed by atoms with van der Waals surface area (Å²) < 4.78 is 12.6. The minimum Gasteiger partial charge on any atom is -0.508 e. The van der Waals surface area contributed by atoms with Crippen LogP contribution < -0.4 is 4.74 Å². The van der Waals surface area contributed by atoms with Crippen molar-refractivity contribution < 1.29 is 24.3 Å². The zero-order valence-corrected chi connectivity index (χ0v) is 20.1. The minimum atomic E-state index is -1.09. The zero-order valence-electron chi connectivity index (χ0n) is 19.2. The van der Waals surface area contributed by atoms with Crippen LogP contribution in [0.5, 0.6) is 10.9 Å². The minimum absolute atomic E-state index is 0.00977. The van der Waals surface area contributed by atoms with Gasteiger partial charge < -0.3 is 14.6 Å². The van der Waals surface area contributed by atoms with Gasteiger partial charge in [0.05, 0.1) is 20.7 Å². The molecule has 2 heterocycles. The average molecular weight is 481 g/mol. The van der Waals surface area contributed by atoms with E-state index < -0.39 is 16.1 Å². The smallest absolute Gasteiger partial charge is 0.279 e. The number of carbonyl (C=O) groups excluding carboxylic acids is 1. The predicted octanol–water partition coefficient (Wildman–Crippen LogP) is 6.30. The van der Waals surface area contributed by atoms with Gasteiger partial charge in [-0.25, -0.2) is 4.98 Å². The summed E-state index contributed by atoms with van der Waals surface area (Å²) in [5, 5.41) is 22.4. The summed E-state index contributed by atoms with van der Waals surface area (Å²) in [5.74, 6) is 0.413. The molecule has 3 aromatic rings. The van der Waals surface area contributed by atoms with E-state index >= 15 is 0 Å². The van der Waals surface area contributed by atoms with Gasteiger partial charge in [-0.05, 0) is 75.8 Å². The van der Waals surface area contributed by atoms with Crippen molar-refractivity contribution in [3.8, 4) is 10.9 Å². The Hall–Kier alpha value is -3.30. The van der Waals surface area contributed by atoms with E-state index in [1.165, 1.54) is 23.5 Å². The van der Waals surface area contributed by atoms with E-state index in [0.717, 1.165) is 18.4 Å². The third-order valence-electron chi connectivity index (χ3n) is 6.17. The number of aromatic nitrogens is 1. The van der Waals surface area contributed by atoms with Crippen LogP contribution in [0.2, 0.25) is 0 Å². The number of nitro benzene ring substituents is 1. The normalized spacial score (nSPS) is 19.5. The quantitative estimate of drug-likeness (QED) is 0.337. The number of rotatable bonds is 5. The van der Waals surface area contributed by atoms with Crippen molar-refractivity contribution in [3.63, 3.8) is 0 Å². The number of aliphatic hydroxyl groups is 1. The van der Waals surface area contributed by atoms with Gasteiger partial charge >= 0.3 is 0 Å². The van der Waals surface area contributed by atoms with Gasteiger partial charge in [-0.3, -0.25) is 14.9 Å². The molecule has 0 amide bonds. The van der Waals surface area contributed by atoms with Gasteiger partial charge in [0.25, 0.3) is 10.9 Å². The van der Waals surface area contributed by atoms with E-state index in [0.29, 0.717) is 32.6 Å². The van der Waals surface area contributed by atoms with Crippen LogP contribution in [0, 0.1) is 10.1 Å². The molecule has 1 fully saturated rings. The van der Waals surface area contributed by atoms with Gasteiger partial charge in [-0.2, -0.15) is 0 Å². The van der Waals surface area contributed by atoms with Gasteiger partial charge in [-0.15, -0.1) is 0 Å². The van der Waals surface area contributed by atoms with Crippen LogP contribution in [-0.4, -0.2) is 32.0 Å². The number of ketones is 1. The number of benzene rings is 2. The molecule has 2 aliphatic rings. The highest BCUT2D eigenvalue weighted by molar-refractivity contribution is 7.20. The van der Waals surface area contributed by atoms with Gasteiger partial charge in [0.1, 0.15) is 22.7 Å². The molecule has 0 radical (unpaired) electrons. The SMILES string of the molecule is CC1(C)OC(C)(C)C(O)=C(c2cc(Oc3nc4ccc([N+](=O)[O-])cc4s3)ccc2C2CC2)C1=O. The van der Waals surface area contributed by atoms with Crippen molar-refractivity contribution in [1.29, 1.82) is 0 Å². The summed E-state index contributed by atoms with van der Waals surface area (Å²) in [6.07, 6.45) is 2.05. The lowest BCUT2D eigenvalue weighted by Crippen LogP contribution is -2.49. The number of non-ortho nitro benzene ring substituents is 1. The molecular formula is C25H24N2O6S. The first-order valence-electron chi connectivity index (χ1n) is 11.0. The standard InChI is InChI=1S/C25H24N2O6S/c1-24(2)21(28)20(22(29)25(3,4)33-24)17-12-15(8-9-16(17)13-5-6-13)32-23-26-18-10-7-14(27(30)31)11-19(18)34-23/h7-13,28H,5-6H2,1-4H3. The first-order valence-corrected chi connectivity index (χ1v) is 11.8. The van der Waals surface area contributed by atoms with E-state index in [2.05, 4.69) is 4.98 Å². The summed E-state index contributed by atoms with van der Waals surface area (Å²) >= 11 is 1.20. The van der Waals surface area contributed by atoms with Crippen LogP contribution >= 0.6 is 11.3 Å². The molecular weight excluding hydrogens is 456 g/mol. The maximum absolute atomic E-state index is 13.4. The van der Waals surface area contributed by atoms with Crippen molar-refractivity contribution in [2.45, 2.75) is 57.7 Å². The van der Waals surface area contributed by atoms with Gasteiger partial charge in [-0.1, -0.05) is 17.4 Å². The second-order valence-electron chi connectivity index (χ2n) is 9.69. The van der Waals surface area contributed by atoms with E-state index in [-0.39, 0.29) is 22.8 Å². The monoisotopic (exact) mass is 480 g/mol. The molecule has 8 nitrogen and oxygen atoms in total. The lowest BCUT2D eigenvalue weighted by atomic mass is 9.81. The third-order valence-corrected chi connectivity index (χ3v) is 7.07. The number of carbonyl (C=O) groups is 1. The number of nitrogens with zero attached hydrogens (tertiary/aromatic N) is 2. The van der Waals surface area contributed by atoms with E-state index in [1.807, 2.05) is 12.1 Å². The maximum Gasteiger partial charge on any atom is 0.279 e. The molecule has 0 saturated heterocycles. The molecule has 5 rings (SSSR count). The molecule has 0 bridgehead atoms. The Morgan fingerprint density at radius 3 is 2.56 bits per heavy atom. The number of hydrogen-bond acceptors (Lipinski definition) is 8. The molecule has 176 valence electrons. The summed E-state index contributed by atoms with van der Waals surface area (Å²) in [7, 11) is 0. The molecule has 0 unspecified atom stereocenters.